The lowest BCUT2D eigenvalue weighted by Crippen LogP contribution is -2.25. The monoisotopic (exact) mass is 389 g/mol. The highest BCUT2D eigenvalue weighted by Gasteiger charge is 2.21. The molecule has 8 heteroatoms. The van der Waals surface area contributed by atoms with Gasteiger partial charge in [-0.05, 0) is 48.0 Å². The second-order valence-corrected chi connectivity index (χ2v) is 6.24. The number of nitrogens with zero attached hydrogens (tertiary/aromatic N) is 3. The van der Waals surface area contributed by atoms with E-state index in [1.54, 1.807) is 47.3 Å². The van der Waals surface area contributed by atoms with Crippen LogP contribution in [0.5, 0.6) is 0 Å². The predicted octanol–water partition coefficient (Wildman–Crippen LogP) is 3.05. The summed E-state index contributed by atoms with van der Waals surface area (Å²) in [5.74, 6) is -1.22. The van der Waals surface area contributed by atoms with Crippen molar-refractivity contribution in [3.05, 3.63) is 96.1 Å². The summed E-state index contributed by atoms with van der Waals surface area (Å²) in [5, 5.41) is 5.45. The number of hydrogen-bond acceptors (Lipinski definition) is 4. The Kier molecular flexibility index (Phi) is 4.98. The maximum atomic E-state index is 13.1. The van der Waals surface area contributed by atoms with Crippen LogP contribution in [0, 0.1) is 5.82 Å². The molecule has 4 rings (SSSR count). The van der Waals surface area contributed by atoms with E-state index >= 15 is 0 Å². The van der Waals surface area contributed by atoms with Gasteiger partial charge in [0.05, 0.1) is 5.52 Å². The lowest BCUT2D eigenvalue weighted by Gasteiger charge is -2.04. The molecule has 7 nitrogen and oxygen atoms in total. The van der Waals surface area contributed by atoms with Crippen LogP contribution in [0.3, 0.4) is 0 Å². The first-order chi connectivity index (χ1) is 14.1. The minimum Gasteiger partial charge on any atom is -0.345 e. The number of pyridine rings is 2. The van der Waals surface area contributed by atoms with Crippen LogP contribution in [0.2, 0.25) is 0 Å². The van der Waals surface area contributed by atoms with Gasteiger partial charge in [0, 0.05) is 30.8 Å². The van der Waals surface area contributed by atoms with Crippen LogP contribution in [0.4, 0.5) is 10.1 Å². The average Bonchev–Trinajstić information content (AvgIpc) is 3.14. The Labute approximate surface area is 165 Å². The third kappa shape index (κ3) is 3.96. The standard InChI is InChI=1S/C21H16FN5O2/c22-15-6-8-16(9-7-15)25-20(28)18-17-5-1-2-11-27(17)19(26-18)21(29)24-13-14-4-3-10-23-12-14/h1-12H,13H2,(H,24,29)(H,25,28). The zero-order valence-electron chi connectivity index (χ0n) is 15.2. The SMILES string of the molecule is O=C(Nc1ccc(F)cc1)c1nc(C(=O)NCc2cccnc2)n2ccccc12. The van der Waals surface area contributed by atoms with Crippen molar-refractivity contribution in [3.63, 3.8) is 0 Å². The molecule has 0 aliphatic carbocycles. The fraction of sp³-hybridized carbons (Fsp3) is 0.0476. The van der Waals surface area contributed by atoms with Crippen molar-refractivity contribution >= 4 is 23.0 Å². The van der Waals surface area contributed by atoms with Gasteiger partial charge in [0.2, 0.25) is 5.82 Å². The second kappa shape index (κ2) is 7.89. The van der Waals surface area contributed by atoms with Gasteiger partial charge in [-0.15, -0.1) is 0 Å². The van der Waals surface area contributed by atoms with Crippen molar-refractivity contribution < 1.29 is 14.0 Å². The number of fused-ring (bicyclic) bond motifs is 1. The van der Waals surface area contributed by atoms with Crippen molar-refractivity contribution in [2.45, 2.75) is 6.54 Å². The fourth-order valence-corrected chi connectivity index (χ4v) is 2.85. The Morgan fingerprint density at radius 1 is 1.00 bits per heavy atom. The number of carbonyl (C=O) groups is 2. The van der Waals surface area contributed by atoms with Gasteiger partial charge in [-0.25, -0.2) is 9.37 Å². The highest BCUT2D eigenvalue weighted by molar-refractivity contribution is 6.08. The summed E-state index contributed by atoms with van der Waals surface area (Å²) >= 11 is 0. The molecule has 0 fully saturated rings. The van der Waals surface area contributed by atoms with Gasteiger partial charge in [0.1, 0.15) is 5.82 Å². The normalized spacial score (nSPS) is 10.7. The molecule has 144 valence electrons. The maximum Gasteiger partial charge on any atom is 0.287 e. The van der Waals surface area contributed by atoms with E-state index in [1.807, 2.05) is 6.07 Å². The Morgan fingerprint density at radius 2 is 1.83 bits per heavy atom. The molecule has 0 bridgehead atoms. The van der Waals surface area contributed by atoms with Gasteiger partial charge in [-0.3, -0.25) is 19.0 Å². The number of imidazole rings is 1. The van der Waals surface area contributed by atoms with E-state index in [4.69, 9.17) is 0 Å². The summed E-state index contributed by atoms with van der Waals surface area (Å²) < 4.78 is 14.6. The predicted molar refractivity (Wildman–Crippen MR) is 105 cm³/mol. The van der Waals surface area contributed by atoms with Crippen molar-refractivity contribution in [2.24, 2.45) is 0 Å². The number of anilines is 1. The van der Waals surface area contributed by atoms with Crippen LogP contribution in [0.15, 0.2) is 73.2 Å². The molecule has 0 spiro atoms. The van der Waals surface area contributed by atoms with Crippen LogP contribution < -0.4 is 10.6 Å². The first-order valence-electron chi connectivity index (χ1n) is 8.83. The van der Waals surface area contributed by atoms with Crippen molar-refractivity contribution in [3.8, 4) is 0 Å². The topological polar surface area (TPSA) is 88.4 Å². The number of halogens is 1. The molecule has 4 aromatic rings. The number of hydrogen-bond donors (Lipinski definition) is 2. The summed E-state index contributed by atoms with van der Waals surface area (Å²) in [7, 11) is 0. The highest BCUT2D eigenvalue weighted by atomic mass is 19.1. The summed E-state index contributed by atoms with van der Waals surface area (Å²) in [6.45, 7) is 0.283. The second-order valence-electron chi connectivity index (χ2n) is 6.24. The molecule has 2 amide bonds. The lowest BCUT2D eigenvalue weighted by molar-refractivity contribution is 0.0940. The quantitative estimate of drug-likeness (QED) is 0.549. The lowest BCUT2D eigenvalue weighted by atomic mass is 10.2. The fourth-order valence-electron chi connectivity index (χ4n) is 2.85. The van der Waals surface area contributed by atoms with Crippen LogP contribution in [0.25, 0.3) is 5.52 Å². The number of amides is 2. The highest BCUT2D eigenvalue weighted by Crippen LogP contribution is 2.16. The van der Waals surface area contributed by atoms with E-state index in [1.165, 1.54) is 24.3 Å². The Hall–Kier alpha value is -4.07. The molecular formula is C21H16FN5O2. The summed E-state index contributed by atoms with van der Waals surface area (Å²) in [6.07, 6.45) is 4.97. The Bertz CT molecular complexity index is 1170. The Morgan fingerprint density at radius 3 is 2.59 bits per heavy atom. The molecule has 2 N–H and O–H groups in total. The van der Waals surface area contributed by atoms with E-state index in [0.29, 0.717) is 11.2 Å². The first kappa shape index (κ1) is 18.3. The number of nitrogens with one attached hydrogen (secondary N) is 2. The third-order valence-electron chi connectivity index (χ3n) is 4.24. The van der Waals surface area contributed by atoms with Gasteiger partial charge in [0.15, 0.2) is 5.69 Å². The molecule has 3 heterocycles. The van der Waals surface area contributed by atoms with Crippen LogP contribution in [-0.4, -0.2) is 26.2 Å². The van der Waals surface area contributed by atoms with Crippen molar-refractivity contribution in [1.29, 1.82) is 0 Å². The van der Waals surface area contributed by atoms with E-state index in [9.17, 15) is 14.0 Å². The van der Waals surface area contributed by atoms with E-state index in [2.05, 4.69) is 20.6 Å². The van der Waals surface area contributed by atoms with Gasteiger partial charge >= 0.3 is 0 Å². The number of benzene rings is 1. The van der Waals surface area contributed by atoms with E-state index in [0.717, 1.165) is 5.56 Å². The molecular weight excluding hydrogens is 373 g/mol. The summed E-state index contributed by atoms with van der Waals surface area (Å²) in [6, 6.07) is 14.2. The molecule has 1 aromatic carbocycles. The van der Waals surface area contributed by atoms with Gasteiger partial charge in [-0.2, -0.15) is 0 Å². The third-order valence-corrected chi connectivity index (χ3v) is 4.24. The van der Waals surface area contributed by atoms with E-state index in [-0.39, 0.29) is 18.1 Å². The van der Waals surface area contributed by atoms with Gasteiger partial charge in [-0.1, -0.05) is 12.1 Å². The molecule has 0 unspecified atom stereocenters. The molecule has 0 atom stereocenters. The number of aromatic nitrogens is 3. The van der Waals surface area contributed by atoms with Crippen LogP contribution in [0.1, 0.15) is 26.7 Å². The Balaban J connectivity index is 1.60. The molecule has 29 heavy (non-hydrogen) atoms. The van der Waals surface area contributed by atoms with Crippen molar-refractivity contribution in [2.75, 3.05) is 5.32 Å². The first-order valence-corrected chi connectivity index (χ1v) is 8.83. The summed E-state index contributed by atoms with van der Waals surface area (Å²) in [4.78, 5) is 33.7. The largest absolute Gasteiger partial charge is 0.345 e. The van der Waals surface area contributed by atoms with Crippen LogP contribution in [-0.2, 0) is 6.54 Å². The molecule has 0 saturated carbocycles. The minimum absolute atomic E-state index is 0.0914. The molecule has 0 radical (unpaired) electrons. The smallest absolute Gasteiger partial charge is 0.287 e. The van der Waals surface area contributed by atoms with Gasteiger partial charge < -0.3 is 10.6 Å². The summed E-state index contributed by atoms with van der Waals surface area (Å²) in [5.41, 5.74) is 1.85. The minimum atomic E-state index is -0.494. The van der Waals surface area contributed by atoms with E-state index < -0.39 is 17.6 Å². The molecule has 3 aromatic heterocycles. The number of rotatable bonds is 5. The van der Waals surface area contributed by atoms with Crippen molar-refractivity contribution in [1.82, 2.24) is 19.7 Å². The number of carbonyl (C=O) groups excluding carboxylic acids is 2. The van der Waals surface area contributed by atoms with Crippen LogP contribution >= 0.6 is 0 Å². The molecule has 0 aliphatic heterocycles. The maximum absolute atomic E-state index is 13.1. The zero-order chi connectivity index (χ0) is 20.2. The zero-order valence-corrected chi connectivity index (χ0v) is 15.2. The average molecular weight is 389 g/mol. The van der Waals surface area contributed by atoms with Gasteiger partial charge in [0.25, 0.3) is 11.8 Å². The molecule has 0 saturated heterocycles. The molecule has 0 aliphatic rings.